The Morgan fingerprint density at radius 3 is 2.73 bits per heavy atom. The Bertz CT molecular complexity index is 864. The molecule has 0 atom stereocenters. The van der Waals surface area contributed by atoms with E-state index in [0.717, 1.165) is 35.6 Å². The summed E-state index contributed by atoms with van der Waals surface area (Å²) in [6, 6.07) is 3.78. The third-order valence-corrected chi connectivity index (χ3v) is 5.09. The van der Waals surface area contributed by atoms with E-state index in [1.165, 1.54) is 0 Å². The molecule has 0 saturated heterocycles. The van der Waals surface area contributed by atoms with Crippen LogP contribution < -0.4 is 15.0 Å². The number of rotatable bonds is 5. The van der Waals surface area contributed by atoms with Gasteiger partial charge in [-0.3, -0.25) is 9.69 Å². The Morgan fingerprint density at radius 2 is 2.08 bits per heavy atom. The van der Waals surface area contributed by atoms with Crippen molar-refractivity contribution in [3.63, 3.8) is 0 Å². The number of H-pyrrole nitrogens is 1. The van der Waals surface area contributed by atoms with E-state index in [4.69, 9.17) is 21.1 Å². The Hall–Kier alpha value is -2.05. The maximum absolute atomic E-state index is 12.5. The lowest BCUT2D eigenvalue weighted by molar-refractivity contribution is 0.241. The molecule has 1 aromatic carbocycles. The molecule has 6 nitrogen and oxygen atoms in total. The molecule has 0 saturated carbocycles. The van der Waals surface area contributed by atoms with Crippen LogP contribution in [-0.2, 0) is 19.5 Å². The smallest absolute Gasteiger partial charge is 0.255 e. The second-order valence-corrected chi connectivity index (χ2v) is 7.14. The summed E-state index contributed by atoms with van der Waals surface area (Å²) in [5.74, 6) is 2.10. The predicted molar refractivity (Wildman–Crippen MR) is 101 cm³/mol. The summed E-state index contributed by atoms with van der Waals surface area (Å²) in [7, 11) is 3.16. The molecule has 3 rings (SSSR count). The summed E-state index contributed by atoms with van der Waals surface area (Å²) in [6.07, 6.45) is 0.754. The highest BCUT2D eigenvalue weighted by atomic mass is 35.5. The number of hydrogen-bond donors (Lipinski definition) is 1. The highest BCUT2D eigenvalue weighted by Gasteiger charge is 2.23. The molecule has 0 unspecified atom stereocenters. The van der Waals surface area contributed by atoms with Crippen LogP contribution in [0, 0.1) is 0 Å². The molecule has 0 aliphatic carbocycles. The molecule has 1 aliphatic heterocycles. The number of nitrogens with zero attached hydrogens (tertiary/aromatic N) is 2. The van der Waals surface area contributed by atoms with E-state index >= 15 is 0 Å². The highest BCUT2D eigenvalue weighted by Crippen LogP contribution is 2.38. The molecule has 0 radical (unpaired) electrons. The van der Waals surface area contributed by atoms with Gasteiger partial charge in [-0.05, 0) is 11.6 Å². The van der Waals surface area contributed by atoms with Crippen LogP contribution >= 0.6 is 11.6 Å². The van der Waals surface area contributed by atoms with E-state index in [0.29, 0.717) is 29.6 Å². The number of aromatic amines is 1. The number of methoxy groups -OCH3 is 2. The summed E-state index contributed by atoms with van der Waals surface area (Å²) < 4.78 is 10.6. The monoisotopic (exact) mass is 377 g/mol. The molecule has 1 aromatic heterocycles. The topological polar surface area (TPSA) is 67.5 Å². The molecule has 2 aromatic rings. The fraction of sp³-hybridized carbons (Fsp3) is 0.474. The third-order valence-electron chi connectivity index (χ3n) is 4.67. The van der Waals surface area contributed by atoms with Crippen LogP contribution in [0.3, 0.4) is 0 Å². The number of fused-ring (bicyclic) bond motifs is 1. The maximum Gasteiger partial charge on any atom is 0.255 e. The normalized spacial score (nSPS) is 14.4. The number of ether oxygens (including phenoxy) is 2. The molecule has 2 heterocycles. The third kappa shape index (κ3) is 3.57. The largest absolute Gasteiger partial charge is 0.493 e. The highest BCUT2D eigenvalue weighted by molar-refractivity contribution is 6.33. The van der Waals surface area contributed by atoms with Crippen LogP contribution in [0.2, 0.25) is 5.02 Å². The van der Waals surface area contributed by atoms with E-state index in [1.807, 2.05) is 26.0 Å². The summed E-state index contributed by atoms with van der Waals surface area (Å²) in [6.45, 7) is 6.06. The zero-order valence-corrected chi connectivity index (χ0v) is 16.3. The van der Waals surface area contributed by atoms with Crippen molar-refractivity contribution in [3.05, 3.63) is 50.2 Å². The van der Waals surface area contributed by atoms with Crippen molar-refractivity contribution in [2.75, 3.05) is 20.8 Å². The molecule has 0 bridgehead atoms. The first-order chi connectivity index (χ1) is 12.4. The van der Waals surface area contributed by atoms with E-state index in [1.54, 1.807) is 14.2 Å². The summed E-state index contributed by atoms with van der Waals surface area (Å²) >= 11 is 6.49. The molecule has 26 heavy (non-hydrogen) atoms. The number of halogens is 1. The van der Waals surface area contributed by atoms with Crippen molar-refractivity contribution in [1.29, 1.82) is 0 Å². The second-order valence-electron chi connectivity index (χ2n) is 6.77. The van der Waals surface area contributed by atoms with Crippen LogP contribution in [0.1, 0.15) is 42.4 Å². The van der Waals surface area contributed by atoms with Crippen LogP contribution in [0.4, 0.5) is 0 Å². The lowest BCUT2D eigenvalue weighted by Gasteiger charge is -2.28. The Morgan fingerprint density at radius 1 is 1.31 bits per heavy atom. The minimum absolute atomic E-state index is 0.0400. The van der Waals surface area contributed by atoms with Crippen LogP contribution in [-0.4, -0.2) is 35.6 Å². The Kier molecular flexibility index (Phi) is 5.53. The number of aromatic nitrogens is 2. The fourth-order valence-electron chi connectivity index (χ4n) is 3.20. The molecule has 140 valence electrons. The first-order valence-electron chi connectivity index (χ1n) is 8.68. The van der Waals surface area contributed by atoms with Crippen molar-refractivity contribution >= 4 is 11.6 Å². The van der Waals surface area contributed by atoms with Gasteiger partial charge in [-0.25, -0.2) is 4.98 Å². The van der Waals surface area contributed by atoms with Gasteiger partial charge in [-0.2, -0.15) is 0 Å². The van der Waals surface area contributed by atoms with Gasteiger partial charge in [0.2, 0.25) is 0 Å². The van der Waals surface area contributed by atoms with Gasteiger partial charge in [0.1, 0.15) is 5.82 Å². The maximum atomic E-state index is 12.5. The van der Waals surface area contributed by atoms with Crippen molar-refractivity contribution in [3.8, 4) is 11.5 Å². The molecular weight excluding hydrogens is 354 g/mol. The average Bonchev–Trinajstić information content (AvgIpc) is 2.63. The summed E-state index contributed by atoms with van der Waals surface area (Å²) in [4.78, 5) is 22.2. The van der Waals surface area contributed by atoms with Crippen molar-refractivity contribution in [2.45, 2.75) is 39.3 Å². The van der Waals surface area contributed by atoms with E-state index < -0.39 is 0 Å². The molecule has 1 aliphatic rings. The first-order valence-corrected chi connectivity index (χ1v) is 9.06. The molecule has 0 amide bonds. The van der Waals surface area contributed by atoms with Gasteiger partial charge >= 0.3 is 0 Å². The van der Waals surface area contributed by atoms with Gasteiger partial charge in [-0.15, -0.1) is 0 Å². The minimum Gasteiger partial charge on any atom is -0.493 e. The molecule has 0 spiro atoms. The second kappa shape index (κ2) is 7.68. The van der Waals surface area contributed by atoms with Crippen LogP contribution in [0.5, 0.6) is 11.5 Å². The average molecular weight is 378 g/mol. The zero-order chi connectivity index (χ0) is 18.8. The Labute approximate surface area is 158 Å². The van der Waals surface area contributed by atoms with E-state index in [9.17, 15) is 4.79 Å². The van der Waals surface area contributed by atoms with Crippen LogP contribution in [0.15, 0.2) is 16.9 Å². The van der Waals surface area contributed by atoms with Crippen molar-refractivity contribution < 1.29 is 9.47 Å². The number of benzene rings is 1. The standard InChI is InChI=1S/C19H24ClN3O3/c1-11(2)18-21-14-7-8-23(10-13(14)19(24)22-18)9-12-5-6-15(25-3)17(26-4)16(12)20/h5-6,11H,7-10H2,1-4H3,(H,21,22,24). The minimum atomic E-state index is -0.0400. The summed E-state index contributed by atoms with van der Waals surface area (Å²) in [5, 5.41) is 0.542. The van der Waals surface area contributed by atoms with E-state index in [-0.39, 0.29) is 11.5 Å². The van der Waals surface area contributed by atoms with Gasteiger partial charge in [0.05, 0.1) is 30.5 Å². The zero-order valence-electron chi connectivity index (χ0n) is 15.6. The first kappa shape index (κ1) is 18.7. The molecular formula is C19H24ClN3O3. The number of hydrogen-bond acceptors (Lipinski definition) is 5. The predicted octanol–water partition coefficient (Wildman–Crippen LogP) is 3.12. The lowest BCUT2D eigenvalue weighted by Crippen LogP contribution is -2.36. The number of nitrogens with one attached hydrogen (secondary N) is 1. The molecule has 0 fully saturated rings. The van der Waals surface area contributed by atoms with Gasteiger partial charge < -0.3 is 14.5 Å². The van der Waals surface area contributed by atoms with Crippen LogP contribution in [0.25, 0.3) is 0 Å². The van der Waals surface area contributed by atoms with Gasteiger partial charge in [0.25, 0.3) is 5.56 Å². The molecule has 1 N–H and O–H groups in total. The molecule has 7 heteroatoms. The lowest BCUT2D eigenvalue weighted by atomic mass is 10.0. The quantitative estimate of drug-likeness (QED) is 0.867. The van der Waals surface area contributed by atoms with Gasteiger partial charge in [0, 0.05) is 32.0 Å². The fourth-order valence-corrected chi connectivity index (χ4v) is 3.49. The Balaban J connectivity index is 1.83. The van der Waals surface area contributed by atoms with Gasteiger partial charge in [0.15, 0.2) is 11.5 Å². The summed E-state index contributed by atoms with van der Waals surface area (Å²) in [5.41, 5.74) is 2.56. The van der Waals surface area contributed by atoms with Crippen molar-refractivity contribution in [1.82, 2.24) is 14.9 Å². The van der Waals surface area contributed by atoms with Gasteiger partial charge in [-0.1, -0.05) is 31.5 Å². The van der Waals surface area contributed by atoms with Crippen molar-refractivity contribution in [2.24, 2.45) is 0 Å². The van der Waals surface area contributed by atoms with E-state index in [2.05, 4.69) is 14.9 Å². The SMILES string of the molecule is COc1ccc(CN2CCc3nc(C(C)C)[nH]c(=O)c3C2)c(Cl)c1OC.